The molecule has 6 unspecified atom stereocenters. The van der Waals surface area contributed by atoms with Crippen LogP contribution >= 0.6 is 0 Å². The van der Waals surface area contributed by atoms with Crippen LogP contribution in [0.2, 0.25) is 0 Å². The number of ether oxygens (including phenoxy) is 1. The summed E-state index contributed by atoms with van der Waals surface area (Å²) >= 11 is 0. The van der Waals surface area contributed by atoms with Crippen LogP contribution in [0.1, 0.15) is 38.5 Å². The molecule has 2 nitrogen and oxygen atoms in total. The summed E-state index contributed by atoms with van der Waals surface area (Å²) in [6, 6.07) is 0. The average molecular weight is 222 g/mol. The summed E-state index contributed by atoms with van der Waals surface area (Å²) in [6.45, 7) is 0.761. The molecular formula is C14H22O2. The Balaban J connectivity index is 1.54. The molecule has 1 N–H and O–H groups in total. The van der Waals surface area contributed by atoms with Crippen LogP contribution in [0.5, 0.6) is 0 Å². The van der Waals surface area contributed by atoms with Crippen molar-refractivity contribution in [1.82, 2.24) is 0 Å². The van der Waals surface area contributed by atoms with Crippen molar-refractivity contribution in [2.75, 3.05) is 13.2 Å². The van der Waals surface area contributed by atoms with Crippen molar-refractivity contribution in [3.8, 4) is 0 Å². The Bertz CT molecular complexity index is 303. The van der Waals surface area contributed by atoms with Gasteiger partial charge in [-0.2, -0.15) is 0 Å². The van der Waals surface area contributed by atoms with Gasteiger partial charge in [0, 0.05) is 0 Å². The Morgan fingerprint density at radius 1 is 1.06 bits per heavy atom. The topological polar surface area (TPSA) is 29.5 Å². The van der Waals surface area contributed by atoms with E-state index in [2.05, 4.69) is 0 Å². The average Bonchev–Trinajstić information content (AvgIpc) is 3.18. The molecule has 6 atom stereocenters. The Labute approximate surface area is 97.4 Å². The van der Waals surface area contributed by atoms with Crippen LogP contribution in [-0.2, 0) is 4.74 Å². The van der Waals surface area contributed by atoms with Gasteiger partial charge in [-0.25, -0.2) is 0 Å². The molecule has 0 radical (unpaired) electrons. The number of rotatable bonds is 3. The van der Waals surface area contributed by atoms with E-state index in [0.717, 1.165) is 29.6 Å². The molecule has 0 saturated heterocycles. The Kier molecular flexibility index (Phi) is 2.00. The van der Waals surface area contributed by atoms with Crippen molar-refractivity contribution in [2.45, 2.75) is 44.1 Å². The van der Waals surface area contributed by atoms with E-state index in [1.807, 2.05) is 0 Å². The summed E-state index contributed by atoms with van der Waals surface area (Å²) in [6.07, 6.45) is 8.63. The molecule has 4 fully saturated rings. The van der Waals surface area contributed by atoms with Gasteiger partial charge in [0.05, 0.1) is 18.8 Å². The van der Waals surface area contributed by atoms with Crippen LogP contribution < -0.4 is 0 Å². The lowest BCUT2D eigenvalue weighted by Gasteiger charge is -2.38. The maximum atomic E-state index is 8.94. The standard InChI is InChI=1S/C14H22O2/c15-5-6-16-14-8-13(14)10-4-2-1-3-9(10)11-7-12(11)14/h9-13,15H,1-8H2. The molecule has 2 heteroatoms. The summed E-state index contributed by atoms with van der Waals surface area (Å²) in [5, 5.41) is 8.94. The molecule has 0 heterocycles. The lowest BCUT2D eigenvalue weighted by atomic mass is 9.69. The minimum absolute atomic E-state index is 0.194. The maximum absolute atomic E-state index is 8.94. The zero-order chi connectivity index (χ0) is 10.8. The molecule has 0 amide bonds. The minimum Gasteiger partial charge on any atom is -0.394 e. The number of aliphatic hydroxyl groups excluding tert-OH is 1. The summed E-state index contributed by atoms with van der Waals surface area (Å²) < 4.78 is 6.05. The summed E-state index contributed by atoms with van der Waals surface area (Å²) in [5.74, 6) is 4.78. The van der Waals surface area contributed by atoms with Crippen molar-refractivity contribution < 1.29 is 9.84 Å². The zero-order valence-corrected chi connectivity index (χ0v) is 9.90. The fourth-order valence-electron chi connectivity index (χ4n) is 5.20. The van der Waals surface area contributed by atoms with Crippen molar-refractivity contribution in [3.63, 3.8) is 0 Å². The highest BCUT2D eigenvalue weighted by Crippen LogP contribution is 2.75. The van der Waals surface area contributed by atoms with Crippen LogP contribution in [0.25, 0.3) is 0 Å². The first kappa shape index (κ1) is 9.90. The van der Waals surface area contributed by atoms with E-state index in [9.17, 15) is 0 Å². The van der Waals surface area contributed by atoms with Crippen LogP contribution in [0.3, 0.4) is 0 Å². The third-order valence-corrected chi connectivity index (χ3v) is 5.88. The van der Waals surface area contributed by atoms with Gasteiger partial charge in [-0.1, -0.05) is 12.8 Å². The van der Waals surface area contributed by atoms with E-state index in [1.165, 1.54) is 38.5 Å². The molecule has 0 spiro atoms. The van der Waals surface area contributed by atoms with E-state index in [-0.39, 0.29) is 12.2 Å². The van der Waals surface area contributed by atoms with Gasteiger partial charge in [0.25, 0.3) is 0 Å². The fraction of sp³-hybridized carbons (Fsp3) is 1.00. The van der Waals surface area contributed by atoms with Gasteiger partial charge in [-0.15, -0.1) is 0 Å². The summed E-state index contributed by atoms with van der Waals surface area (Å²) in [5.41, 5.74) is 0.256. The van der Waals surface area contributed by atoms with Crippen molar-refractivity contribution in [1.29, 1.82) is 0 Å². The predicted molar refractivity (Wildman–Crippen MR) is 60.9 cm³/mol. The normalized spacial score (nSPS) is 57.2. The summed E-state index contributed by atoms with van der Waals surface area (Å²) in [7, 11) is 0. The molecule has 4 saturated carbocycles. The zero-order valence-electron chi connectivity index (χ0n) is 9.90. The molecule has 4 aliphatic rings. The first-order chi connectivity index (χ1) is 7.87. The number of hydrogen-bond donors (Lipinski definition) is 1. The van der Waals surface area contributed by atoms with Gasteiger partial charge in [-0.3, -0.25) is 0 Å². The van der Waals surface area contributed by atoms with Crippen LogP contribution in [0.15, 0.2) is 0 Å². The highest BCUT2D eigenvalue weighted by atomic mass is 16.5. The Morgan fingerprint density at radius 2 is 1.88 bits per heavy atom. The van der Waals surface area contributed by atoms with Crippen LogP contribution in [0.4, 0.5) is 0 Å². The maximum Gasteiger partial charge on any atom is 0.0750 e. The first-order valence-corrected chi connectivity index (χ1v) is 7.11. The molecule has 0 bridgehead atoms. The Morgan fingerprint density at radius 3 is 2.69 bits per heavy atom. The highest BCUT2D eigenvalue weighted by molar-refractivity contribution is 5.24. The van der Waals surface area contributed by atoms with Gasteiger partial charge in [0.1, 0.15) is 0 Å². The highest BCUT2D eigenvalue weighted by Gasteiger charge is 2.75. The molecule has 0 aromatic rings. The predicted octanol–water partition coefficient (Wildman–Crippen LogP) is 2.21. The van der Waals surface area contributed by atoms with Crippen LogP contribution in [-0.4, -0.2) is 23.9 Å². The Hall–Kier alpha value is -0.0800. The third kappa shape index (κ3) is 1.15. The van der Waals surface area contributed by atoms with Gasteiger partial charge >= 0.3 is 0 Å². The fourth-order valence-corrected chi connectivity index (χ4v) is 5.20. The molecule has 0 aromatic carbocycles. The molecule has 4 aliphatic carbocycles. The van der Waals surface area contributed by atoms with E-state index >= 15 is 0 Å². The molecular weight excluding hydrogens is 200 g/mol. The molecule has 4 rings (SSSR count). The lowest BCUT2D eigenvalue weighted by Crippen LogP contribution is -2.36. The molecule has 16 heavy (non-hydrogen) atoms. The number of hydrogen-bond acceptors (Lipinski definition) is 2. The number of fused-ring (bicyclic) bond motifs is 6. The van der Waals surface area contributed by atoms with E-state index in [1.54, 1.807) is 0 Å². The van der Waals surface area contributed by atoms with Gasteiger partial charge in [-0.05, 0) is 55.3 Å². The third-order valence-electron chi connectivity index (χ3n) is 5.88. The lowest BCUT2D eigenvalue weighted by molar-refractivity contribution is -0.0482. The number of aliphatic hydroxyl groups is 1. The van der Waals surface area contributed by atoms with Gasteiger partial charge in [0.2, 0.25) is 0 Å². The van der Waals surface area contributed by atoms with E-state index in [0.29, 0.717) is 6.61 Å². The summed E-state index contributed by atoms with van der Waals surface area (Å²) in [4.78, 5) is 0. The second-order valence-corrected chi connectivity index (χ2v) is 6.46. The van der Waals surface area contributed by atoms with Crippen molar-refractivity contribution in [3.05, 3.63) is 0 Å². The van der Waals surface area contributed by atoms with E-state index < -0.39 is 0 Å². The molecule has 90 valence electrons. The monoisotopic (exact) mass is 222 g/mol. The van der Waals surface area contributed by atoms with Gasteiger partial charge in [0.15, 0.2) is 0 Å². The first-order valence-electron chi connectivity index (χ1n) is 7.11. The SMILES string of the molecule is OCCOC12CC1C1CCCCC1C1CC12. The largest absolute Gasteiger partial charge is 0.394 e. The second kappa shape index (κ2) is 3.23. The van der Waals surface area contributed by atoms with Gasteiger partial charge < -0.3 is 9.84 Å². The van der Waals surface area contributed by atoms with Crippen LogP contribution in [0, 0.1) is 29.6 Å². The molecule has 0 aromatic heterocycles. The minimum atomic E-state index is 0.194. The van der Waals surface area contributed by atoms with E-state index in [4.69, 9.17) is 9.84 Å². The van der Waals surface area contributed by atoms with Crippen molar-refractivity contribution >= 4 is 0 Å². The smallest absolute Gasteiger partial charge is 0.0750 e. The quantitative estimate of drug-likeness (QED) is 0.793. The molecule has 0 aliphatic heterocycles. The second-order valence-electron chi connectivity index (χ2n) is 6.46. The van der Waals surface area contributed by atoms with Crippen molar-refractivity contribution in [2.24, 2.45) is 29.6 Å².